The highest BCUT2D eigenvalue weighted by Gasteiger charge is 2.25. The van der Waals surface area contributed by atoms with Gasteiger partial charge in [-0.3, -0.25) is 0 Å². The van der Waals surface area contributed by atoms with Crippen molar-refractivity contribution in [3.63, 3.8) is 0 Å². The molecule has 3 heteroatoms. The number of halogens is 1. The van der Waals surface area contributed by atoms with Crippen LogP contribution in [0.15, 0.2) is 48.7 Å². The lowest BCUT2D eigenvalue weighted by Gasteiger charge is -2.14. The maximum atomic E-state index is 14.6. The summed E-state index contributed by atoms with van der Waals surface area (Å²) in [6, 6.07) is 14.2. The molecule has 3 aromatic carbocycles. The second-order valence-corrected chi connectivity index (χ2v) is 8.11. The van der Waals surface area contributed by atoms with Crippen LogP contribution in [-0.4, -0.2) is 4.40 Å². The lowest BCUT2D eigenvalue weighted by molar-refractivity contribution is -0.643. The molecule has 0 amide bonds. The van der Waals surface area contributed by atoms with E-state index in [4.69, 9.17) is 0 Å². The molecule has 0 aliphatic heterocycles. The maximum Gasteiger partial charge on any atom is 0.224 e. The molecule has 6 rings (SSSR count). The molecule has 0 radical (unpaired) electrons. The van der Waals surface area contributed by atoms with E-state index in [-0.39, 0.29) is 5.82 Å². The Bertz CT molecular complexity index is 1600. The maximum absolute atomic E-state index is 14.6. The Labute approximate surface area is 161 Å². The molecule has 0 atom stereocenters. The smallest absolute Gasteiger partial charge is 0.224 e. The van der Waals surface area contributed by atoms with E-state index < -0.39 is 0 Å². The zero-order valence-electron chi connectivity index (χ0n) is 16.4. The first kappa shape index (κ1) is 15.8. The summed E-state index contributed by atoms with van der Waals surface area (Å²) >= 11 is 0. The summed E-state index contributed by atoms with van der Waals surface area (Å²) in [5.41, 5.74) is 8.21. The number of nitrogens with zero attached hydrogens (tertiary/aromatic N) is 2. The van der Waals surface area contributed by atoms with Crippen molar-refractivity contribution in [1.82, 2.24) is 4.40 Å². The molecule has 0 saturated carbocycles. The SMILES string of the molecule is Cc1ccc2c3cc(C)c(C)c4c3n(c2c1)c1cc(F)cc2cc[n+](C)c4c21. The van der Waals surface area contributed by atoms with Gasteiger partial charge in [-0.1, -0.05) is 12.1 Å². The summed E-state index contributed by atoms with van der Waals surface area (Å²) in [4.78, 5) is 0. The van der Waals surface area contributed by atoms with E-state index in [0.29, 0.717) is 0 Å². The topological polar surface area (TPSA) is 8.29 Å². The summed E-state index contributed by atoms with van der Waals surface area (Å²) in [5.74, 6) is -0.197. The molecule has 3 heterocycles. The van der Waals surface area contributed by atoms with Crippen molar-refractivity contribution in [3.05, 3.63) is 71.2 Å². The first-order chi connectivity index (χ1) is 13.5. The van der Waals surface area contributed by atoms with E-state index in [1.807, 2.05) is 12.3 Å². The fourth-order valence-corrected chi connectivity index (χ4v) is 4.98. The second-order valence-electron chi connectivity index (χ2n) is 8.11. The molecule has 0 fully saturated rings. The van der Waals surface area contributed by atoms with Crippen LogP contribution >= 0.6 is 0 Å². The Balaban J connectivity index is 2.16. The molecule has 0 saturated heterocycles. The molecular formula is C25H20FN2+. The number of rotatable bonds is 0. The number of fused-ring (bicyclic) bond motifs is 5. The molecule has 0 aliphatic rings. The molecule has 2 nitrogen and oxygen atoms in total. The monoisotopic (exact) mass is 367 g/mol. The molecule has 0 bridgehead atoms. The molecule has 3 aromatic heterocycles. The minimum absolute atomic E-state index is 0.197. The summed E-state index contributed by atoms with van der Waals surface area (Å²) in [6.07, 6.45) is 2.04. The largest absolute Gasteiger partial charge is 0.307 e. The van der Waals surface area contributed by atoms with E-state index in [1.54, 1.807) is 12.1 Å². The van der Waals surface area contributed by atoms with Gasteiger partial charge < -0.3 is 4.40 Å². The van der Waals surface area contributed by atoms with Gasteiger partial charge in [0.05, 0.1) is 27.3 Å². The van der Waals surface area contributed by atoms with Gasteiger partial charge in [0.1, 0.15) is 12.9 Å². The highest BCUT2D eigenvalue weighted by atomic mass is 19.1. The van der Waals surface area contributed by atoms with Gasteiger partial charge in [-0.05, 0) is 67.1 Å². The molecule has 0 unspecified atom stereocenters. The van der Waals surface area contributed by atoms with Crippen LogP contribution in [0.2, 0.25) is 0 Å². The Morgan fingerprint density at radius 2 is 1.68 bits per heavy atom. The Morgan fingerprint density at radius 1 is 0.857 bits per heavy atom. The molecule has 0 N–H and O–H groups in total. The van der Waals surface area contributed by atoms with Crippen LogP contribution in [0.1, 0.15) is 16.7 Å². The van der Waals surface area contributed by atoms with E-state index >= 15 is 0 Å². The third-order valence-corrected chi connectivity index (χ3v) is 6.38. The third-order valence-electron chi connectivity index (χ3n) is 6.38. The first-order valence-electron chi connectivity index (χ1n) is 9.63. The van der Waals surface area contributed by atoms with Crippen LogP contribution in [0, 0.1) is 26.6 Å². The lowest BCUT2D eigenvalue weighted by atomic mass is 9.96. The fourth-order valence-electron chi connectivity index (χ4n) is 4.98. The minimum atomic E-state index is -0.197. The van der Waals surface area contributed by atoms with Crippen molar-refractivity contribution >= 4 is 49.0 Å². The van der Waals surface area contributed by atoms with Crippen LogP contribution < -0.4 is 4.57 Å². The number of aryl methyl sites for hydroxylation is 4. The summed E-state index contributed by atoms with van der Waals surface area (Å²) in [6.45, 7) is 6.49. The van der Waals surface area contributed by atoms with Crippen molar-refractivity contribution in [2.45, 2.75) is 20.8 Å². The van der Waals surface area contributed by atoms with Crippen molar-refractivity contribution in [2.24, 2.45) is 7.05 Å². The van der Waals surface area contributed by atoms with Crippen LogP contribution in [0.25, 0.3) is 49.0 Å². The van der Waals surface area contributed by atoms with Crippen LogP contribution in [0.4, 0.5) is 4.39 Å². The van der Waals surface area contributed by atoms with Gasteiger partial charge in [0.15, 0.2) is 6.20 Å². The van der Waals surface area contributed by atoms with Crippen molar-refractivity contribution in [1.29, 1.82) is 0 Å². The van der Waals surface area contributed by atoms with Gasteiger partial charge in [-0.25, -0.2) is 8.96 Å². The summed E-state index contributed by atoms with van der Waals surface area (Å²) < 4.78 is 19.1. The highest BCUT2D eigenvalue weighted by Crippen LogP contribution is 2.41. The standard InChI is InChI=1S/C25H20FN2/c1-13-5-6-18-19-10-14(2)15(3)22-24(19)28(20(18)9-13)21-12-17(26)11-16-7-8-27(4)25(22)23(16)21/h5-12H,1-4H3/q+1. The fraction of sp³-hybridized carbons (Fsp3) is 0.160. The minimum Gasteiger partial charge on any atom is -0.307 e. The molecule has 28 heavy (non-hydrogen) atoms. The van der Waals surface area contributed by atoms with Crippen molar-refractivity contribution in [3.8, 4) is 0 Å². The predicted octanol–water partition coefficient (Wildman–Crippen LogP) is 5.88. The molecule has 0 aliphatic carbocycles. The van der Waals surface area contributed by atoms with Gasteiger partial charge in [0, 0.05) is 16.8 Å². The number of hydrogen-bond donors (Lipinski definition) is 0. The Morgan fingerprint density at radius 3 is 2.50 bits per heavy atom. The van der Waals surface area contributed by atoms with E-state index in [0.717, 1.165) is 21.8 Å². The number of hydrogen-bond acceptors (Lipinski definition) is 0. The zero-order valence-corrected chi connectivity index (χ0v) is 16.4. The number of benzene rings is 3. The summed E-state index contributed by atoms with van der Waals surface area (Å²) in [5, 5.41) is 5.78. The molecule has 136 valence electrons. The number of aromatic nitrogens is 2. The van der Waals surface area contributed by atoms with E-state index in [9.17, 15) is 4.39 Å². The Kier molecular flexibility index (Phi) is 2.82. The van der Waals surface area contributed by atoms with Gasteiger partial charge >= 0.3 is 0 Å². The van der Waals surface area contributed by atoms with Gasteiger partial charge in [0.2, 0.25) is 5.52 Å². The number of pyridine rings is 2. The van der Waals surface area contributed by atoms with E-state index in [2.05, 4.69) is 61.1 Å². The van der Waals surface area contributed by atoms with Crippen molar-refractivity contribution in [2.75, 3.05) is 0 Å². The Hall–Kier alpha value is -3.20. The quantitative estimate of drug-likeness (QED) is 0.180. The van der Waals surface area contributed by atoms with Gasteiger partial charge in [-0.2, -0.15) is 0 Å². The van der Waals surface area contributed by atoms with E-state index in [1.165, 1.54) is 43.9 Å². The third kappa shape index (κ3) is 1.74. The van der Waals surface area contributed by atoms with Crippen LogP contribution in [0.3, 0.4) is 0 Å². The second kappa shape index (κ2) is 4.99. The molecule has 0 spiro atoms. The zero-order chi connectivity index (χ0) is 19.3. The average Bonchev–Trinajstić information content (AvgIpc) is 2.97. The highest BCUT2D eigenvalue weighted by molar-refractivity contribution is 6.26. The van der Waals surface area contributed by atoms with Crippen LogP contribution in [-0.2, 0) is 7.05 Å². The van der Waals surface area contributed by atoms with Crippen molar-refractivity contribution < 1.29 is 8.96 Å². The normalized spacial score (nSPS) is 12.5. The van der Waals surface area contributed by atoms with Gasteiger partial charge in [-0.15, -0.1) is 0 Å². The first-order valence-corrected chi connectivity index (χ1v) is 9.63. The van der Waals surface area contributed by atoms with Crippen LogP contribution in [0.5, 0.6) is 0 Å². The average molecular weight is 367 g/mol. The van der Waals surface area contributed by atoms with Gasteiger partial charge in [0.25, 0.3) is 0 Å². The molecule has 6 aromatic rings. The summed E-state index contributed by atoms with van der Waals surface area (Å²) in [7, 11) is 2.08. The predicted molar refractivity (Wildman–Crippen MR) is 114 cm³/mol. The molecular weight excluding hydrogens is 347 g/mol. The lowest BCUT2D eigenvalue weighted by Crippen LogP contribution is -2.29.